The Kier molecular flexibility index (Phi) is 3.32. The molecule has 0 bridgehead atoms. The van der Waals surface area contributed by atoms with Gasteiger partial charge >= 0.3 is 0 Å². The third-order valence-electron chi connectivity index (χ3n) is 1.88. The van der Waals surface area contributed by atoms with Crippen molar-refractivity contribution in [3.05, 3.63) is 29.8 Å². The van der Waals surface area contributed by atoms with Crippen LogP contribution in [-0.2, 0) is 17.1 Å². The lowest BCUT2D eigenvalue weighted by molar-refractivity contribution is 0.411. The molecule has 0 amide bonds. The molecular weight excluding hydrogens is 196 g/mol. The fraction of sp³-hybridized carbons (Fsp3) is 0.455. The van der Waals surface area contributed by atoms with Gasteiger partial charge in [-0.15, -0.1) is 0 Å². The van der Waals surface area contributed by atoms with Gasteiger partial charge in [0.15, 0.2) is 10.7 Å². The third-order valence-corrected chi connectivity index (χ3v) is 2.60. The van der Waals surface area contributed by atoms with Crippen LogP contribution in [0.4, 0.5) is 0 Å². The zero-order valence-electron chi connectivity index (χ0n) is 8.78. The second-order valence-electron chi connectivity index (χ2n) is 4.66. The average Bonchev–Trinajstić information content (AvgIpc) is 2.02. The van der Waals surface area contributed by atoms with E-state index in [0.717, 1.165) is 6.42 Å². The first-order chi connectivity index (χ1) is 6.38. The average molecular weight is 212 g/mol. The molecule has 0 saturated heterocycles. The fourth-order valence-electron chi connectivity index (χ4n) is 1.35. The summed E-state index contributed by atoms with van der Waals surface area (Å²) >= 11 is 0. The van der Waals surface area contributed by atoms with E-state index >= 15 is 0 Å². The molecule has 2 nitrogen and oxygen atoms in total. The van der Waals surface area contributed by atoms with E-state index in [-0.39, 0.29) is 5.41 Å². The van der Waals surface area contributed by atoms with Gasteiger partial charge < -0.3 is 0 Å². The topological polar surface area (TPSA) is 34.1 Å². The molecule has 0 saturated carbocycles. The standard InChI is InChI=1S/C11H16O2S/c1-11(2,3)8-9-4-6-10(7-5-9)14(12)13/h4-7,14H,8H2,1-3H3. The van der Waals surface area contributed by atoms with E-state index in [2.05, 4.69) is 20.8 Å². The Hall–Kier alpha value is -0.830. The first-order valence-electron chi connectivity index (χ1n) is 4.62. The van der Waals surface area contributed by atoms with Crippen molar-refractivity contribution in [1.82, 2.24) is 0 Å². The van der Waals surface area contributed by atoms with Crippen LogP contribution in [0.25, 0.3) is 0 Å². The molecule has 1 aromatic rings. The van der Waals surface area contributed by atoms with E-state index < -0.39 is 10.7 Å². The number of rotatable bonds is 2. The van der Waals surface area contributed by atoms with Crippen LogP contribution >= 0.6 is 0 Å². The Morgan fingerprint density at radius 2 is 1.57 bits per heavy atom. The van der Waals surface area contributed by atoms with Gasteiger partial charge in [0.05, 0.1) is 4.90 Å². The maximum Gasteiger partial charge on any atom is 0.168 e. The van der Waals surface area contributed by atoms with E-state index in [9.17, 15) is 8.42 Å². The van der Waals surface area contributed by atoms with Crippen LogP contribution in [0.5, 0.6) is 0 Å². The summed E-state index contributed by atoms with van der Waals surface area (Å²) in [5.41, 5.74) is 1.42. The van der Waals surface area contributed by atoms with Crippen molar-refractivity contribution in [2.75, 3.05) is 0 Å². The first-order valence-corrected chi connectivity index (χ1v) is 5.79. The molecule has 0 aliphatic rings. The minimum absolute atomic E-state index is 0.237. The molecule has 0 radical (unpaired) electrons. The Labute approximate surface area is 86.9 Å². The molecule has 1 rings (SSSR count). The Bertz CT molecular complexity index is 361. The summed E-state index contributed by atoms with van der Waals surface area (Å²) < 4.78 is 21.3. The van der Waals surface area contributed by atoms with Crippen LogP contribution in [0.2, 0.25) is 0 Å². The van der Waals surface area contributed by atoms with E-state index in [1.54, 1.807) is 12.1 Å². The largest absolute Gasteiger partial charge is 0.227 e. The van der Waals surface area contributed by atoms with Crippen molar-refractivity contribution in [2.45, 2.75) is 32.1 Å². The highest BCUT2D eigenvalue weighted by Crippen LogP contribution is 2.20. The van der Waals surface area contributed by atoms with Gasteiger partial charge in [-0.05, 0) is 29.5 Å². The molecule has 0 aliphatic heterocycles. The summed E-state index contributed by atoms with van der Waals surface area (Å²) in [5.74, 6) is 0. The van der Waals surface area contributed by atoms with Gasteiger partial charge in [-0.25, -0.2) is 8.42 Å². The lowest BCUT2D eigenvalue weighted by Crippen LogP contribution is -2.08. The minimum Gasteiger partial charge on any atom is -0.227 e. The monoisotopic (exact) mass is 212 g/mol. The van der Waals surface area contributed by atoms with E-state index in [0.29, 0.717) is 4.90 Å². The second kappa shape index (κ2) is 4.13. The molecule has 0 spiro atoms. The van der Waals surface area contributed by atoms with Crippen LogP contribution in [0, 0.1) is 5.41 Å². The predicted molar refractivity (Wildman–Crippen MR) is 58.2 cm³/mol. The summed E-state index contributed by atoms with van der Waals surface area (Å²) in [6, 6.07) is 7.08. The Balaban J connectivity index is 2.84. The maximum absolute atomic E-state index is 10.6. The van der Waals surface area contributed by atoms with Gasteiger partial charge in [0.2, 0.25) is 0 Å². The van der Waals surface area contributed by atoms with Crippen LogP contribution in [0.1, 0.15) is 26.3 Å². The van der Waals surface area contributed by atoms with Gasteiger partial charge in [-0.3, -0.25) is 0 Å². The van der Waals surface area contributed by atoms with Crippen LogP contribution in [0.15, 0.2) is 29.2 Å². The van der Waals surface area contributed by atoms with Crippen LogP contribution in [-0.4, -0.2) is 8.42 Å². The molecular formula is C11H16O2S. The van der Waals surface area contributed by atoms with Crippen molar-refractivity contribution in [3.8, 4) is 0 Å². The summed E-state index contributed by atoms with van der Waals surface area (Å²) in [4.78, 5) is 0.387. The van der Waals surface area contributed by atoms with Gasteiger partial charge in [0.1, 0.15) is 0 Å². The minimum atomic E-state index is -2.44. The zero-order chi connectivity index (χ0) is 10.8. The van der Waals surface area contributed by atoms with E-state index in [1.165, 1.54) is 5.56 Å². The number of hydrogen-bond acceptors (Lipinski definition) is 2. The van der Waals surface area contributed by atoms with Crippen molar-refractivity contribution < 1.29 is 8.42 Å². The normalized spacial score (nSPS) is 12.0. The highest BCUT2D eigenvalue weighted by atomic mass is 32.2. The molecule has 0 fully saturated rings. The van der Waals surface area contributed by atoms with Gasteiger partial charge in [0, 0.05) is 0 Å². The van der Waals surface area contributed by atoms with Crippen LogP contribution in [0.3, 0.4) is 0 Å². The molecule has 0 N–H and O–H groups in total. The number of hydrogen-bond donors (Lipinski definition) is 1. The molecule has 1 aromatic carbocycles. The predicted octanol–water partition coefficient (Wildman–Crippen LogP) is 2.25. The Morgan fingerprint density at radius 3 is 1.93 bits per heavy atom. The second-order valence-corrected chi connectivity index (χ2v) is 5.69. The van der Waals surface area contributed by atoms with Crippen molar-refractivity contribution >= 4 is 10.7 Å². The van der Waals surface area contributed by atoms with Crippen molar-refractivity contribution in [1.29, 1.82) is 0 Å². The van der Waals surface area contributed by atoms with Crippen molar-refractivity contribution in [3.63, 3.8) is 0 Å². The zero-order valence-corrected chi connectivity index (χ0v) is 9.67. The smallest absolute Gasteiger partial charge is 0.168 e. The number of benzene rings is 1. The highest BCUT2D eigenvalue weighted by molar-refractivity contribution is 7.72. The van der Waals surface area contributed by atoms with Gasteiger partial charge in [-0.1, -0.05) is 32.9 Å². The lowest BCUT2D eigenvalue weighted by Gasteiger charge is -2.17. The quantitative estimate of drug-likeness (QED) is 0.763. The Morgan fingerprint density at radius 1 is 1.07 bits per heavy atom. The molecule has 0 unspecified atom stereocenters. The molecule has 0 heterocycles. The molecule has 0 aliphatic carbocycles. The SMILES string of the molecule is CC(C)(C)Cc1ccc([SH](=O)=O)cc1. The summed E-state index contributed by atoms with van der Waals surface area (Å²) in [5, 5.41) is 0. The van der Waals surface area contributed by atoms with Crippen LogP contribution < -0.4 is 0 Å². The summed E-state index contributed by atoms with van der Waals surface area (Å²) in [7, 11) is -2.44. The number of thiol groups is 1. The highest BCUT2D eigenvalue weighted by Gasteiger charge is 2.10. The van der Waals surface area contributed by atoms with E-state index in [4.69, 9.17) is 0 Å². The van der Waals surface area contributed by atoms with Crippen molar-refractivity contribution in [2.24, 2.45) is 5.41 Å². The van der Waals surface area contributed by atoms with E-state index in [1.807, 2.05) is 12.1 Å². The lowest BCUT2D eigenvalue weighted by atomic mass is 9.88. The van der Waals surface area contributed by atoms with Gasteiger partial charge in [-0.2, -0.15) is 0 Å². The maximum atomic E-state index is 10.6. The summed E-state index contributed by atoms with van der Waals surface area (Å²) in [6.07, 6.45) is 0.961. The molecule has 0 aromatic heterocycles. The first kappa shape index (κ1) is 11.2. The van der Waals surface area contributed by atoms with Gasteiger partial charge in [0.25, 0.3) is 0 Å². The summed E-state index contributed by atoms with van der Waals surface area (Å²) in [6.45, 7) is 6.49. The third kappa shape index (κ3) is 3.50. The molecule has 14 heavy (non-hydrogen) atoms. The fourth-order valence-corrected chi connectivity index (χ4v) is 1.74. The molecule has 0 atom stereocenters. The molecule has 78 valence electrons. The molecule has 3 heteroatoms.